The van der Waals surface area contributed by atoms with Crippen molar-refractivity contribution in [3.8, 4) is 0 Å². The van der Waals surface area contributed by atoms with Crippen molar-refractivity contribution in [1.29, 1.82) is 0 Å². The molecule has 0 aliphatic rings. The van der Waals surface area contributed by atoms with Crippen molar-refractivity contribution in [2.45, 2.75) is 45.1 Å². The number of hydrogen-bond acceptors (Lipinski definition) is 2. The van der Waals surface area contributed by atoms with Gasteiger partial charge in [0.1, 0.15) is 5.82 Å². The first-order chi connectivity index (χ1) is 8.83. The molecule has 1 aromatic carbocycles. The summed E-state index contributed by atoms with van der Waals surface area (Å²) >= 11 is 0. The third kappa shape index (κ3) is 7.41. The molecule has 0 bridgehead atoms. The minimum atomic E-state index is -0.207. The van der Waals surface area contributed by atoms with E-state index in [1.807, 2.05) is 0 Å². The second-order valence-electron chi connectivity index (χ2n) is 4.52. The van der Waals surface area contributed by atoms with E-state index in [1.54, 1.807) is 12.1 Å². The molecule has 102 valence electrons. The fourth-order valence-corrected chi connectivity index (χ4v) is 1.79. The van der Waals surface area contributed by atoms with Crippen LogP contribution in [0.5, 0.6) is 0 Å². The molecule has 3 heteroatoms. The minimum absolute atomic E-state index is 0.207. The fraction of sp³-hybridized carbons (Fsp3) is 0.600. The number of aliphatic hydroxyl groups excluding tert-OH is 1. The van der Waals surface area contributed by atoms with Crippen LogP contribution in [-0.2, 0) is 11.3 Å². The van der Waals surface area contributed by atoms with Gasteiger partial charge in [0.15, 0.2) is 0 Å². The Kier molecular flexibility index (Phi) is 8.43. The molecule has 0 radical (unpaired) electrons. The molecule has 1 N–H and O–H groups in total. The normalized spacial score (nSPS) is 10.8. The van der Waals surface area contributed by atoms with Gasteiger partial charge in [-0.2, -0.15) is 0 Å². The maximum absolute atomic E-state index is 12.6. The number of ether oxygens (including phenoxy) is 1. The number of rotatable bonds is 10. The van der Waals surface area contributed by atoms with Gasteiger partial charge >= 0.3 is 0 Å². The first kappa shape index (κ1) is 15.1. The van der Waals surface area contributed by atoms with Gasteiger partial charge in [0, 0.05) is 13.2 Å². The number of aliphatic hydroxyl groups is 1. The van der Waals surface area contributed by atoms with Crippen molar-refractivity contribution in [1.82, 2.24) is 0 Å². The molecule has 18 heavy (non-hydrogen) atoms. The van der Waals surface area contributed by atoms with Crippen LogP contribution in [0.4, 0.5) is 4.39 Å². The van der Waals surface area contributed by atoms with Crippen LogP contribution in [0, 0.1) is 5.82 Å². The van der Waals surface area contributed by atoms with Gasteiger partial charge < -0.3 is 9.84 Å². The maximum atomic E-state index is 12.6. The van der Waals surface area contributed by atoms with Crippen molar-refractivity contribution >= 4 is 0 Å². The van der Waals surface area contributed by atoms with Crippen LogP contribution in [-0.4, -0.2) is 18.3 Å². The average molecular weight is 254 g/mol. The zero-order chi connectivity index (χ0) is 13.1. The van der Waals surface area contributed by atoms with E-state index in [9.17, 15) is 4.39 Å². The van der Waals surface area contributed by atoms with Crippen molar-refractivity contribution < 1.29 is 14.2 Å². The van der Waals surface area contributed by atoms with E-state index < -0.39 is 0 Å². The van der Waals surface area contributed by atoms with E-state index in [1.165, 1.54) is 31.4 Å². The van der Waals surface area contributed by atoms with Gasteiger partial charge in [0.25, 0.3) is 0 Å². The molecular formula is C15H23FO2. The number of halogens is 1. The van der Waals surface area contributed by atoms with E-state index in [4.69, 9.17) is 9.84 Å². The Hall–Kier alpha value is -0.930. The number of hydrogen-bond donors (Lipinski definition) is 1. The predicted molar refractivity (Wildman–Crippen MR) is 70.8 cm³/mol. The van der Waals surface area contributed by atoms with E-state index in [0.717, 1.165) is 31.4 Å². The van der Waals surface area contributed by atoms with Gasteiger partial charge in [-0.1, -0.05) is 37.8 Å². The van der Waals surface area contributed by atoms with Crippen LogP contribution in [0.3, 0.4) is 0 Å². The fourth-order valence-electron chi connectivity index (χ4n) is 1.79. The van der Waals surface area contributed by atoms with E-state index in [2.05, 4.69) is 0 Å². The van der Waals surface area contributed by atoms with Gasteiger partial charge in [-0.15, -0.1) is 0 Å². The molecular weight excluding hydrogens is 231 g/mol. The lowest BCUT2D eigenvalue weighted by molar-refractivity contribution is 0.116. The third-order valence-electron chi connectivity index (χ3n) is 2.88. The Morgan fingerprint density at radius 1 is 0.889 bits per heavy atom. The van der Waals surface area contributed by atoms with Crippen molar-refractivity contribution in [3.05, 3.63) is 35.6 Å². The number of benzene rings is 1. The van der Waals surface area contributed by atoms with E-state index >= 15 is 0 Å². The van der Waals surface area contributed by atoms with Crippen molar-refractivity contribution in [2.75, 3.05) is 13.2 Å². The van der Waals surface area contributed by atoms with Crippen LogP contribution in [0.15, 0.2) is 24.3 Å². The molecule has 0 amide bonds. The first-order valence-corrected chi connectivity index (χ1v) is 6.76. The molecule has 0 saturated carbocycles. The molecule has 0 heterocycles. The molecule has 0 spiro atoms. The summed E-state index contributed by atoms with van der Waals surface area (Å²) in [5.41, 5.74) is 1.01. The number of unbranched alkanes of at least 4 members (excludes halogenated alkanes) is 5. The van der Waals surface area contributed by atoms with E-state index in [0.29, 0.717) is 13.2 Å². The third-order valence-corrected chi connectivity index (χ3v) is 2.88. The van der Waals surface area contributed by atoms with Crippen LogP contribution in [0.2, 0.25) is 0 Å². The topological polar surface area (TPSA) is 29.5 Å². The van der Waals surface area contributed by atoms with Crippen LogP contribution in [0.1, 0.15) is 44.1 Å². The Bertz CT molecular complexity index is 298. The predicted octanol–water partition coefficient (Wildman–Crippen LogP) is 3.68. The quantitative estimate of drug-likeness (QED) is 0.645. The molecule has 0 aliphatic carbocycles. The highest BCUT2D eigenvalue weighted by atomic mass is 19.1. The van der Waals surface area contributed by atoms with Crippen LogP contribution in [0.25, 0.3) is 0 Å². The summed E-state index contributed by atoms with van der Waals surface area (Å²) in [5, 5.41) is 8.62. The van der Waals surface area contributed by atoms with Crippen molar-refractivity contribution in [3.63, 3.8) is 0 Å². The lowest BCUT2D eigenvalue weighted by Crippen LogP contribution is -1.96. The summed E-state index contributed by atoms with van der Waals surface area (Å²) in [6.07, 6.45) is 6.68. The van der Waals surface area contributed by atoms with Crippen molar-refractivity contribution in [2.24, 2.45) is 0 Å². The Morgan fingerprint density at radius 2 is 1.50 bits per heavy atom. The smallest absolute Gasteiger partial charge is 0.123 e. The highest BCUT2D eigenvalue weighted by Crippen LogP contribution is 2.07. The molecule has 0 aromatic heterocycles. The van der Waals surface area contributed by atoms with Gasteiger partial charge in [0.2, 0.25) is 0 Å². The van der Waals surface area contributed by atoms with Crippen LogP contribution >= 0.6 is 0 Å². The standard InChI is InChI=1S/C15H23FO2/c16-15-9-7-14(8-10-15)13-18-12-6-4-2-1-3-5-11-17/h7-10,17H,1-6,11-13H2. The highest BCUT2D eigenvalue weighted by Gasteiger charge is 1.95. The summed E-state index contributed by atoms with van der Waals surface area (Å²) in [6.45, 7) is 1.63. The highest BCUT2D eigenvalue weighted by molar-refractivity contribution is 5.14. The lowest BCUT2D eigenvalue weighted by atomic mass is 10.1. The molecule has 1 rings (SSSR count). The summed E-state index contributed by atoms with van der Waals surface area (Å²) in [6, 6.07) is 6.42. The largest absolute Gasteiger partial charge is 0.396 e. The molecule has 0 aliphatic heterocycles. The average Bonchev–Trinajstić information content (AvgIpc) is 2.39. The minimum Gasteiger partial charge on any atom is -0.396 e. The SMILES string of the molecule is OCCCCCCCCOCc1ccc(F)cc1. The molecule has 0 unspecified atom stereocenters. The molecule has 0 atom stereocenters. The van der Waals surface area contributed by atoms with Gasteiger partial charge in [-0.05, 0) is 30.5 Å². The van der Waals surface area contributed by atoms with Gasteiger partial charge in [0.05, 0.1) is 6.61 Å². The van der Waals surface area contributed by atoms with E-state index in [-0.39, 0.29) is 5.82 Å². The molecule has 2 nitrogen and oxygen atoms in total. The molecule has 0 fully saturated rings. The summed E-state index contributed by atoms with van der Waals surface area (Å²) in [7, 11) is 0. The summed E-state index contributed by atoms with van der Waals surface area (Å²) in [4.78, 5) is 0. The first-order valence-electron chi connectivity index (χ1n) is 6.76. The Labute approximate surface area is 109 Å². The molecule has 1 aromatic rings. The van der Waals surface area contributed by atoms with Crippen LogP contribution < -0.4 is 0 Å². The zero-order valence-electron chi connectivity index (χ0n) is 10.9. The summed E-state index contributed by atoms with van der Waals surface area (Å²) < 4.78 is 18.2. The second kappa shape index (κ2) is 10.0. The van der Waals surface area contributed by atoms with Gasteiger partial charge in [-0.25, -0.2) is 4.39 Å². The molecule has 0 saturated heterocycles. The Morgan fingerprint density at radius 3 is 2.17 bits per heavy atom. The Balaban J connectivity index is 1.91. The zero-order valence-corrected chi connectivity index (χ0v) is 10.9. The lowest BCUT2D eigenvalue weighted by Gasteiger charge is -2.04. The maximum Gasteiger partial charge on any atom is 0.123 e. The monoisotopic (exact) mass is 254 g/mol. The van der Waals surface area contributed by atoms with Gasteiger partial charge in [-0.3, -0.25) is 0 Å². The summed E-state index contributed by atoms with van der Waals surface area (Å²) in [5.74, 6) is -0.207. The second-order valence-corrected chi connectivity index (χ2v) is 4.52.